The summed E-state index contributed by atoms with van der Waals surface area (Å²) < 4.78 is 5.81. The summed E-state index contributed by atoms with van der Waals surface area (Å²) in [5, 5.41) is 13.6. The van der Waals surface area contributed by atoms with Crippen molar-refractivity contribution in [3.05, 3.63) is 23.9 Å². The molecular formula is C18H27N3O3. The van der Waals surface area contributed by atoms with E-state index in [-0.39, 0.29) is 18.4 Å². The molecule has 132 valence electrons. The summed E-state index contributed by atoms with van der Waals surface area (Å²) in [5.74, 6) is 0.813. The van der Waals surface area contributed by atoms with Crippen LogP contribution >= 0.6 is 0 Å². The van der Waals surface area contributed by atoms with E-state index in [4.69, 9.17) is 4.74 Å². The zero-order valence-corrected chi connectivity index (χ0v) is 14.3. The molecule has 1 amide bonds. The molecule has 24 heavy (non-hydrogen) atoms. The average molecular weight is 333 g/mol. The van der Waals surface area contributed by atoms with Crippen LogP contribution < -0.4 is 5.32 Å². The molecule has 1 aromatic heterocycles. The van der Waals surface area contributed by atoms with E-state index >= 15 is 0 Å². The number of pyridine rings is 1. The van der Waals surface area contributed by atoms with E-state index < -0.39 is 5.60 Å². The monoisotopic (exact) mass is 333 g/mol. The number of aliphatic hydroxyl groups is 1. The van der Waals surface area contributed by atoms with Crippen molar-refractivity contribution in [1.82, 2.24) is 9.88 Å². The summed E-state index contributed by atoms with van der Waals surface area (Å²) in [6.07, 6.45) is 4.66. The Labute approximate surface area is 143 Å². The van der Waals surface area contributed by atoms with Gasteiger partial charge >= 0.3 is 0 Å². The van der Waals surface area contributed by atoms with Gasteiger partial charge in [-0.25, -0.2) is 4.98 Å². The highest BCUT2D eigenvalue weighted by Gasteiger charge is 2.35. The molecule has 0 unspecified atom stereocenters. The number of ether oxygens (including phenoxy) is 1. The SMILES string of the molecule is CNc1cccc([C@H]2CN(C(=O)CC3(O)CCCCC3)CCO2)n1. The maximum atomic E-state index is 12.6. The number of anilines is 1. The first-order valence-corrected chi connectivity index (χ1v) is 8.86. The van der Waals surface area contributed by atoms with Crippen molar-refractivity contribution < 1.29 is 14.6 Å². The molecule has 6 heteroatoms. The molecule has 2 fully saturated rings. The molecule has 1 aliphatic carbocycles. The van der Waals surface area contributed by atoms with Gasteiger partial charge in [0, 0.05) is 13.6 Å². The van der Waals surface area contributed by atoms with E-state index in [1.807, 2.05) is 30.1 Å². The van der Waals surface area contributed by atoms with Crippen LogP contribution in [0.1, 0.15) is 50.3 Å². The largest absolute Gasteiger partial charge is 0.389 e. The number of carbonyl (C=O) groups excluding carboxylic acids is 1. The Bertz CT molecular complexity index is 572. The highest BCUT2D eigenvalue weighted by molar-refractivity contribution is 5.77. The second-order valence-corrected chi connectivity index (χ2v) is 6.86. The minimum absolute atomic E-state index is 0.0254. The lowest BCUT2D eigenvalue weighted by Gasteiger charge is -2.37. The molecule has 2 N–H and O–H groups in total. The van der Waals surface area contributed by atoms with Crippen molar-refractivity contribution in [1.29, 1.82) is 0 Å². The summed E-state index contributed by atoms with van der Waals surface area (Å²) >= 11 is 0. The summed E-state index contributed by atoms with van der Waals surface area (Å²) in [6, 6.07) is 5.75. The normalized spacial score (nSPS) is 23.8. The molecule has 1 saturated heterocycles. The fraction of sp³-hybridized carbons (Fsp3) is 0.667. The van der Waals surface area contributed by atoms with Gasteiger partial charge in [0.15, 0.2) is 0 Å². The van der Waals surface area contributed by atoms with Crippen molar-refractivity contribution >= 4 is 11.7 Å². The summed E-state index contributed by atoms with van der Waals surface area (Å²) in [7, 11) is 1.83. The lowest BCUT2D eigenvalue weighted by Crippen LogP contribution is -2.46. The Morgan fingerprint density at radius 2 is 2.21 bits per heavy atom. The van der Waals surface area contributed by atoms with E-state index in [9.17, 15) is 9.90 Å². The quantitative estimate of drug-likeness (QED) is 0.883. The molecule has 3 rings (SSSR count). The van der Waals surface area contributed by atoms with Crippen LogP contribution in [-0.4, -0.2) is 53.2 Å². The highest BCUT2D eigenvalue weighted by Crippen LogP contribution is 2.32. The third-order valence-corrected chi connectivity index (χ3v) is 5.04. The second kappa shape index (κ2) is 7.49. The van der Waals surface area contributed by atoms with Crippen LogP contribution in [0, 0.1) is 0 Å². The number of carbonyl (C=O) groups is 1. The summed E-state index contributed by atoms with van der Waals surface area (Å²) in [4.78, 5) is 19.0. The van der Waals surface area contributed by atoms with E-state index in [1.54, 1.807) is 0 Å². The van der Waals surface area contributed by atoms with Gasteiger partial charge in [0.2, 0.25) is 5.91 Å². The molecule has 6 nitrogen and oxygen atoms in total. The van der Waals surface area contributed by atoms with Gasteiger partial charge in [-0.3, -0.25) is 4.79 Å². The Balaban J connectivity index is 1.63. The predicted octanol–water partition coefficient (Wildman–Crippen LogP) is 2.11. The number of hydrogen-bond donors (Lipinski definition) is 2. The molecule has 1 aliphatic heterocycles. The van der Waals surface area contributed by atoms with Crippen LogP contribution in [0.3, 0.4) is 0 Å². The van der Waals surface area contributed by atoms with Gasteiger partial charge in [0.1, 0.15) is 11.9 Å². The van der Waals surface area contributed by atoms with Crippen LogP contribution in [0.2, 0.25) is 0 Å². The van der Waals surface area contributed by atoms with Crippen molar-refractivity contribution in [2.45, 2.75) is 50.2 Å². The maximum absolute atomic E-state index is 12.6. The maximum Gasteiger partial charge on any atom is 0.225 e. The number of morpholine rings is 1. The number of nitrogens with zero attached hydrogens (tertiary/aromatic N) is 2. The molecule has 1 saturated carbocycles. The molecule has 0 radical (unpaired) electrons. The third-order valence-electron chi connectivity index (χ3n) is 5.04. The van der Waals surface area contributed by atoms with Gasteiger partial charge in [-0.2, -0.15) is 0 Å². The lowest BCUT2D eigenvalue weighted by atomic mass is 9.82. The first-order valence-electron chi connectivity index (χ1n) is 8.86. The number of hydrogen-bond acceptors (Lipinski definition) is 5. The minimum atomic E-state index is -0.812. The lowest BCUT2D eigenvalue weighted by molar-refractivity contribution is -0.145. The van der Waals surface area contributed by atoms with E-state index in [0.717, 1.165) is 43.6 Å². The minimum Gasteiger partial charge on any atom is -0.389 e. The van der Waals surface area contributed by atoms with E-state index in [2.05, 4.69) is 10.3 Å². The van der Waals surface area contributed by atoms with Crippen LogP contribution in [0.15, 0.2) is 18.2 Å². The molecular weight excluding hydrogens is 306 g/mol. The Morgan fingerprint density at radius 1 is 1.42 bits per heavy atom. The van der Waals surface area contributed by atoms with Crippen molar-refractivity contribution in [2.75, 3.05) is 32.1 Å². The Morgan fingerprint density at radius 3 is 2.96 bits per heavy atom. The van der Waals surface area contributed by atoms with Crippen molar-refractivity contribution in [3.63, 3.8) is 0 Å². The number of amides is 1. The van der Waals surface area contributed by atoms with Gasteiger partial charge in [-0.1, -0.05) is 25.3 Å². The molecule has 2 heterocycles. The van der Waals surface area contributed by atoms with Gasteiger partial charge in [-0.15, -0.1) is 0 Å². The zero-order chi connectivity index (χ0) is 17.0. The molecule has 1 atom stereocenters. The van der Waals surface area contributed by atoms with Gasteiger partial charge < -0.3 is 20.1 Å². The van der Waals surface area contributed by atoms with Crippen LogP contribution in [0.25, 0.3) is 0 Å². The molecule has 0 spiro atoms. The summed E-state index contributed by atoms with van der Waals surface area (Å²) in [5.41, 5.74) is 0.0173. The smallest absolute Gasteiger partial charge is 0.225 e. The number of aromatic nitrogens is 1. The number of nitrogens with one attached hydrogen (secondary N) is 1. The van der Waals surface area contributed by atoms with Crippen LogP contribution in [0.4, 0.5) is 5.82 Å². The fourth-order valence-corrected chi connectivity index (χ4v) is 3.60. The Hall–Kier alpha value is -1.66. The highest BCUT2D eigenvalue weighted by atomic mass is 16.5. The first kappa shape index (κ1) is 17.2. The molecule has 0 aromatic carbocycles. The first-order chi connectivity index (χ1) is 11.6. The van der Waals surface area contributed by atoms with Gasteiger partial charge in [0.25, 0.3) is 0 Å². The van der Waals surface area contributed by atoms with E-state index in [1.165, 1.54) is 0 Å². The third kappa shape index (κ3) is 4.05. The number of rotatable bonds is 4. The van der Waals surface area contributed by atoms with Crippen LogP contribution in [0.5, 0.6) is 0 Å². The molecule has 0 bridgehead atoms. The van der Waals surface area contributed by atoms with Gasteiger partial charge in [0.05, 0.1) is 30.9 Å². The zero-order valence-electron chi connectivity index (χ0n) is 14.3. The second-order valence-electron chi connectivity index (χ2n) is 6.86. The van der Waals surface area contributed by atoms with Crippen molar-refractivity contribution in [2.24, 2.45) is 0 Å². The molecule has 1 aromatic rings. The Kier molecular flexibility index (Phi) is 5.36. The van der Waals surface area contributed by atoms with Crippen molar-refractivity contribution in [3.8, 4) is 0 Å². The molecule has 2 aliphatic rings. The standard InChI is InChI=1S/C18H27N3O3/c1-19-16-7-5-6-14(20-16)15-13-21(10-11-24-15)17(22)12-18(23)8-3-2-4-9-18/h5-7,15,23H,2-4,8-13H2,1H3,(H,19,20)/t15-/m1/s1. The van der Waals surface area contributed by atoms with E-state index in [0.29, 0.717) is 19.7 Å². The van der Waals surface area contributed by atoms with Gasteiger partial charge in [-0.05, 0) is 25.0 Å². The topological polar surface area (TPSA) is 74.7 Å². The van der Waals surface area contributed by atoms with Crippen LogP contribution in [-0.2, 0) is 9.53 Å². The average Bonchev–Trinajstić information content (AvgIpc) is 2.62. The summed E-state index contributed by atoms with van der Waals surface area (Å²) in [6.45, 7) is 1.58. The predicted molar refractivity (Wildman–Crippen MR) is 91.7 cm³/mol. The fourth-order valence-electron chi connectivity index (χ4n) is 3.60.